The number of hydrogen-bond donors (Lipinski definition) is 1. The second kappa shape index (κ2) is 7.55. The van der Waals surface area contributed by atoms with Crippen LogP contribution < -0.4 is 10.2 Å². The first-order valence-electron chi connectivity index (χ1n) is 9.01. The maximum atomic E-state index is 5.47. The number of rotatable bonds is 5. The van der Waals surface area contributed by atoms with E-state index in [1.54, 1.807) is 17.7 Å². The number of aromatic nitrogens is 3. The molecule has 0 amide bonds. The molecule has 0 aliphatic carbocycles. The molecular formula is C19H23N5OS. The van der Waals surface area contributed by atoms with Gasteiger partial charge in [0.15, 0.2) is 0 Å². The van der Waals surface area contributed by atoms with Crippen LogP contribution in [0.4, 0.5) is 11.6 Å². The molecule has 4 heterocycles. The molecule has 136 valence electrons. The highest BCUT2D eigenvalue weighted by Gasteiger charge is 2.17. The Bertz CT molecular complexity index is 904. The molecular weight excluding hydrogens is 346 g/mol. The average Bonchev–Trinajstić information content (AvgIpc) is 3.02. The predicted molar refractivity (Wildman–Crippen MR) is 106 cm³/mol. The number of nitrogens with one attached hydrogen (secondary N) is 1. The first kappa shape index (κ1) is 17.2. The highest BCUT2D eigenvalue weighted by Crippen LogP contribution is 2.34. The second-order valence-corrected chi connectivity index (χ2v) is 7.54. The van der Waals surface area contributed by atoms with Gasteiger partial charge >= 0.3 is 0 Å². The second-order valence-electron chi connectivity index (χ2n) is 6.33. The summed E-state index contributed by atoms with van der Waals surface area (Å²) in [6.45, 7) is 8.30. The SMILES string of the molecule is CCc1c(C)sc2ncnc(NCc3cccnc3N3CCOCC3)c12. The minimum Gasteiger partial charge on any atom is -0.378 e. The highest BCUT2D eigenvalue weighted by molar-refractivity contribution is 7.18. The van der Waals surface area contributed by atoms with E-state index in [9.17, 15) is 0 Å². The predicted octanol–water partition coefficient (Wildman–Crippen LogP) is 3.41. The summed E-state index contributed by atoms with van der Waals surface area (Å²) in [4.78, 5) is 18.2. The minimum absolute atomic E-state index is 0.685. The van der Waals surface area contributed by atoms with Crippen LogP contribution in [-0.4, -0.2) is 41.3 Å². The van der Waals surface area contributed by atoms with Crippen LogP contribution >= 0.6 is 11.3 Å². The van der Waals surface area contributed by atoms with E-state index in [-0.39, 0.29) is 0 Å². The molecule has 4 rings (SSSR count). The van der Waals surface area contributed by atoms with E-state index in [1.807, 2.05) is 12.3 Å². The van der Waals surface area contributed by atoms with Gasteiger partial charge in [-0.1, -0.05) is 13.0 Å². The number of pyridine rings is 1. The normalized spacial score (nSPS) is 14.8. The van der Waals surface area contributed by atoms with E-state index < -0.39 is 0 Å². The molecule has 1 aliphatic rings. The third-order valence-corrected chi connectivity index (χ3v) is 5.82. The molecule has 3 aromatic rings. The van der Waals surface area contributed by atoms with Gasteiger partial charge in [0.25, 0.3) is 0 Å². The van der Waals surface area contributed by atoms with Crippen molar-refractivity contribution in [3.05, 3.63) is 40.7 Å². The molecule has 1 aliphatic heterocycles. The molecule has 0 spiro atoms. The van der Waals surface area contributed by atoms with Crippen molar-refractivity contribution in [2.75, 3.05) is 36.5 Å². The Morgan fingerprint density at radius 2 is 2.08 bits per heavy atom. The quantitative estimate of drug-likeness (QED) is 0.744. The van der Waals surface area contributed by atoms with Gasteiger partial charge in [0.1, 0.15) is 22.8 Å². The van der Waals surface area contributed by atoms with E-state index in [1.165, 1.54) is 16.0 Å². The van der Waals surface area contributed by atoms with Crippen molar-refractivity contribution in [2.24, 2.45) is 0 Å². The van der Waals surface area contributed by atoms with Crippen LogP contribution in [0.25, 0.3) is 10.2 Å². The first-order valence-corrected chi connectivity index (χ1v) is 9.83. The maximum absolute atomic E-state index is 5.47. The fourth-order valence-corrected chi connectivity index (χ4v) is 4.55. The van der Waals surface area contributed by atoms with E-state index in [0.29, 0.717) is 6.54 Å². The van der Waals surface area contributed by atoms with Gasteiger partial charge in [-0.15, -0.1) is 11.3 Å². The van der Waals surface area contributed by atoms with Crippen molar-refractivity contribution in [3.8, 4) is 0 Å². The van der Waals surface area contributed by atoms with Crippen LogP contribution in [0.15, 0.2) is 24.7 Å². The molecule has 0 bridgehead atoms. The van der Waals surface area contributed by atoms with Crippen LogP contribution in [-0.2, 0) is 17.7 Å². The fourth-order valence-electron chi connectivity index (χ4n) is 3.47. The van der Waals surface area contributed by atoms with Crippen LogP contribution in [0.3, 0.4) is 0 Å². The van der Waals surface area contributed by atoms with Crippen molar-refractivity contribution >= 4 is 33.2 Å². The van der Waals surface area contributed by atoms with Gasteiger partial charge < -0.3 is 15.0 Å². The zero-order chi connectivity index (χ0) is 17.9. The number of morpholine rings is 1. The van der Waals surface area contributed by atoms with E-state index in [2.05, 4.69) is 45.1 Å². The van der Waals surface area contributed by atoms with Crippen molar-refractivity contribution in [1.82, 2.24) is 15.0 Å². The van der Waals surface area contributed by atoms with E-state index in [0.717, 1.165) is 54.6 Å². The summed E-state index contributed by atoms with van der Waals surface area (Å²) in [7, 11) is 0. The van der Waals surface area contributed by atoms with Crippen molar-refractivity contribution in [3.63, 3.8) is 0 Å². The van der Waals surface area contributed by atoms with Gasteiger partial charge in [-0.25, -0.2) is 15.0 Å². The Morgan fingerprint density at radius 3 is 2.88 bits per heavy atom. The topological polar surface area (TPSA) is 63.2 Å². The summed E-state index contributed by atoms with van der Waals surface area (Å²) < 4.78 is 5.47. The van der Waals surface area contributed by atoms with Gasteiger partial charge in [-0.3, -0.25) is 0 Å². The van der Waals surface area contributed by atoms with Crippen molar-refractivity contribution in [2.45, 2.75) is 26.8 Å². The van der Waals surface area contributed by atoms with Crippen LogP contribution in [0, 0.1) is 6.92 Å². The Kier molecular flexibility index (Phi) is 4.99. The summed E-state index contributed by atoms with van der Waals surface area (Å²) in [6.07, 6.45) is 4.49. The van der Waals surface area contributed by atoms with Crippen LogP contribution in [0.1, 0.15) is 22.9 Å². The summed E-state index contributed by atoms with van der Waals surface area (Å²) in [5, 5.41) is 4.69. The summed E-state index contributed by atoms with van der Waals surface area (Å²) in [6, 6.07) is 4.12. The molecule has 6 nitrogen and oxygen atoms in total. The molecule has 3 aromatic heterocycles. The number of fused-ring (bicyclic) bond motifs is 1. The lowest BCUT2D eigenvalue weighted by atomic mass is 10.1. The van der Waals surface area contributed by atoms with Gasteiger partial charge in [0.2, 0.25) is 0 Å². The zero-order valence-electron chi connectivity index (χ0n) is 15.2. The zero-order valence-corrected chi connectivity index (χ0v) is 16.0. The number of ether oxygens (including phenoxy) is 1. The monoisotopic (exact) mass is 369 g/mol. The summed E-state index contributed by atoms with van der Waals surface area (Å²) >= 11 is 1.74. The molecule has 7 heteroatoms. The largest absolute Gasteiger partial charge is 0.378 e. The molecule has 1 saturated heterocycles. The molecule has 0 saturated carbocycles. The van der Waals surface area contributed by atoms with Gasteiger partial charge in [0, 0.05) is 36.3 Å². The number of thiophene rings is 1. The Labute approximate surface area is 157 Å². The van der Waals surface area contributed by atoms with Crippen molar-refractivity contribution in [1.29, 1.82) is 0 Å². The molecule has 1 fully saturated rings. The minimum atomic E-state index is 0.685. The average molecular weight is 369 g/mol. The first-order chi connectivity index (χ1) is 12.8. The highest BCUT2D eigenvalue weighted by atomic mass is 32.1. The number of hydrogen-bond acceptors (Lipinski definition) is 7. The third-order valence-electron chi connectivity index (χ3n) is 4.77. The molecule has 0 radical (unpaired) electrons. The Hall–Kier alpha value is -2.25. The smallest absolute Gasteiger partial charge is 0.138 e. The molecule has 1 N–H and O–H groups in total. The molecule has 0 aromatic carbocycles. The van der Waals surface area contributed by atoms with Gasteiger partial charge in [-0.2, -0.15) is 0 Å². The Morgan fingerprint density at radius 1 is 1.23 bits per heavy atom. The van der Waals surface area contributed by atoms with Crippen molar-refractivity contribution < 1.29 is 4.74 Å². The third kappa shape index (κ3) is 3.24. The van der Waals surface area contributed by atoms with Gasteiger partial charge in [0.05, 0.1) is 18.6 Å². The van der Waals surface area contributed by atoms with E-state index in [4.69, 9.17) is 4.74 Å². The van der Waals surface area contributed by atoms with Crippen LogP contribution in [0.5, 0.6) is 0 Å². The van der Waals surface area contributed by atoms with E-state index >= 15 is 0 Å². The lowest BCUT2D eigenvalue weighted by Crippen LogP contribution is -2.37. The standard InChI is InChI=1S/C19H23N5OS/c1-3-15-13(2)26-19-16(15)17(22-12-23-19)21-11-14-5-4-6-20-18(14)24-7-9-25-10-8-24/h4-6,12H,3,7-11H2,1-2H3,(H,21,22,23). The number of aryl methyl sites for hydroxylation is 2. The molecule has 0 unspecified atom stereocenters. The van der Waals surface area contributed by atoms with Crippen LogP contribution in [0.2, 0.25) is 0 Å². The number of anilines is 2. The molecule has 26 heavy (non-hydrogen) atoms. The fraction of sp³-hybridized carbons (Fsp3) is 0.421. The molecule has 0 atom stereocenters. The Balaban J connectivity index is 1.61. The lowest BCUT2D eigenvalue weighted by Gasteiger charge is -2.29. The summed E-state index contributed by atoms with van der Waals surface area (Å²) in [5.41, 5.74) is 2.51. The lowest BCUT2D eigenvalue weighted by molar-refractivity contribution is 0.122. The van der Waals surface area contributed by atoms with Gasteiger partial charge in [-0.05, 0) is 25.0 Å². The maximum Gasteiger partial charge on any atom is 0.138 e. The summed E-state index contributed by atoms with van der Waals surface area (Å²) in [5.74, 6) is 1.94. The number of nitrogens with zero attached hydrogens (tertiary/aromatic N) is 4.